The minimum atomic E-state index is -0.803. The molecule has 0 aromatic heterocycles. The highest BCUT2D eigenvalue weighted by atomic mass is 127. The maximum Gasteiger partial charge on any atom is 0.191 e. The molecule has 0 atom stereocenters. The molecule has 0 saturated heterocycles. The van der Waals surface area contributed by atoms with Gasteiger partial charge in [-0.15, -0.1) is 24.0 Å². The minimum Gasteiger partial charge on any atom is -0.357 e. The molecule has 0 aliphatic carbocycles. The van der Waals surface area contributed by atoms with E-state index in [2.05, 4.69) is 29.5 Å². The van der Waals surface area contributed by atoms with Crippen LogP contribution >= 0.6 is 24.0 Å². The first-order valence-electron chi connectivity index (χ1n) is 6.99. The van der Waals surface area contributed by atoms with Gasteiger partial charge in [-0.3, -0.25) is 4.99 Å². The Morgan fingerprint density at radius 2 is 1.95 bits per heavy atom. The van der Waals surface area contributed by atoms with Crippen LogP contribution in [0.5, 0.6) is 0 Å². The molecular weight excluding hydrogens is 387 g/mol. The van der Waals surface area contributed by atoms with Gasteiger partial charge in [-0.05, 0) is 30.9 Å². The van der Waals surface area contributed by atoms with Crippen LogP contribution in [-0.4, -0.2) is 25.6 Å². The van der Waals surface area contributed by atoms with Crippen LogP contribution in [-0.2, 0) is 6.42 Å². The van der Waals surface area contributed by atoms with Crippen molar-refractivity contribution in [2.45, 2.75) is 27.2 Å². The third-order valence-corrected chi connectivity index (χ3v) is 2.68. The van der Waals surface area contributed by atoms with Gasteiger partial charge in [-0.1, -0.05) is 26.0 Å². The van der Waals surface area contributed by atoms with Gasteiger partial charge in [0, 0.05) is 19.6 Å². The summed E-state index contributed by atoms with van der Waals surface area (Å²) in [6, 6.07) is 4.24. The first-order valence-corrected chi connectivity index (χ1v) is 6.99. The van der Waals surface area contributed by atoms with Gasteiger partial charge in [0.1, 0.15) is 0 Å². The van der Waals surface area contributed by atoms with Crippen LogP contribution in [0.2, 0.25) is 0 Å². The minimum absolute atomic E-state index is 0. The topological polar surface area (TPSA) is 36.4 Å². The Kier molecular flexibility index (Phi) is 10.3. The van der Waals surface area contributed by atoms with Crippen LogP contribution in [0.4, 0.5) is 8.78 Å². The fourth-order valence-corrected chi connectivity index (χ4v) is 1.67. The predicted molar refractivity (Wildman–Crippen MR) is 94.3 cm³/mol. The number of halogens is 3. The molecule has 0 aliphatic rings. The van der Waals surface area contributed by atoms with Gasteiger partial charge in [-0.25, -0.2) is 8.78 Å². The van der Waals surface area contributed by atoms with Gasteiger partial charge in [0.25, 0.3) is 0 Å². The molecule has 1 aromatic carbocycles. The summed E-state index contributed by atoms with van der Waals surface area (Å²) < 4.78 is 26.5. The summed E-state index contributed by atoms with van der Waals surface area (Å²) in [7, 11) is 0. The Hall–Kier alpha value is -0.920. The lowest BCUT2D eigenvalue weighted by molar-refractivity contribution is 0.498. The van der Waals surface area contributed by atoms with Gasteiger partial charge in [0.05, 0.1) is 0 Å². The van der Waals surface area contributed by atoms with Gasteiger partial charge in [0.15, 0.2) is 17.6 Å². The zero-order chi connectivity index (χ0) is 15.0. The van der Waals surface area contributed by atoms with Gasteiger partial charge in [-0.2, -0.15) is 0 Å². The molecule has 1 rings (SSSR count). The zero-order valence-corrected chi connectivity index (χ0v) is 15.1. The van der Waals surface area contributed by atoms with Crippen molar-refractivity contribution < 1.29 is 8.78 Å². The number of guanidine groups is 1. The van der Waals surface area contributed by atoms with E-state index in [1.807, 2.05) is 6.92 Å². The molecule has 3 nitrogen and oxygen atoms in total. The van der Waals surface area contributed by atoms with Crippen molar-refractivity contribution in [3.05, 3.63) is 35.4 Å². The van der Waals surface area contributed by atoms with Crippen molar-refractivity contribution in [2.24, 2.45) is 10.9 Å². The Labute approximate surface area is 142 Å². The number of benzene rings is 1. The number of rotatable bonds is 6. The maximum absolute atomic E-state index is 13.5. The molecule has 0 saturated carbocycles. The van der Waals surface area contributed by atoms with Crippen LogP contribution in [0, 0.1) is 17.6 Å². The van der Waals surface area contributed by atoms with Crippen molar-refractivity contribution in [1.82, 2.24) is 10.6 Å². The number of nitrogens with one attached hydrogen (secondary N) is 2. The Morgan fingerprint density at radius 1 is 1.24 bits per heavy atom. The van der Waals surface area contributed by atoms with Crippen LogP contribution in [0.3, 0.4) is 0 Å². The summed E-state index contributed by atoms with van der Waals surface area (Å²) >= 11 is 0. The van der Waals surface area contributed by atoms with Crippen molar-refractivity contribution in [1.29, 1.82) is 0 Å². The Bertz CT molecular complexity index is 451. The van der Waals surface area contributed by atoms with E-state index in [0.717, 1.165) is 19.2 Å². The average molecular weight is 411 g/mol. The number of aliphatic imine (C=N–C) groups is 1. The summed E-state index contributed by atoms with van der Waals surface area (Å²) in [4.78, 5) is 4.41. The van der Waals surface area contributed by atoms with Crippen LogP contribution < -0.4 is 10.6 Å². The quantitative estimate of drug-likeness (QED) is 0.428. The van der Waals surface area contributed by atoms with Crippen molar-refractivity contribution in [3.63, 3.8) is 0 Å². The fourth-order valence-electron chi connectivity index (χ4n) is 1.67. The summed E-state index contributed by atoms with van der Waals surface area (Å²) in [5.41, 5.74) is 0.372. The average Bonchev–Trinajstić information content (AvgIpc) is 2.40. The summed E-state index contributed by atoms with van der Waals surface area (Å²) in [6.45, 7) is 8.16. The third-order valence-electron chi connectivity index (χ3n) is 2.68. The van der Waals surface area contributed by atoms with E-state index in [9.17, 15) is 8.78 Å². The van der Waals surface area contributed by atoms with Crippen molar-refractivity contribution in [3.8, 4) is 0 Å². The Balaban J connectivity index is 0.00000400. The number of hydrogen-bond donors (Lipinski definition) is 2. The normalized spacial score (nSPS) is 11.2. The van der Waals surface area contributed by atoms with E-state index in [1.165, 1.54) is 6.07 Å². The monoisotopic (exact) mass is 411 g/mol. The SMILES string of the molecule is CCNC(=NCC(C)C)NCCc1cccc(F)c1F.I. The van der Waals surface area contributed by atoms with E-state index >= 15 is 0 Å². The molecule has 0 fully saturated rings. The molecule has 6 heteroatoms. The van der Waals surface area contributed by atoms with E-state index in [4.69, 9.17) is 0 Å². The first-order chi connectivity index (χ1) is 9.54. The second-order valence-corrected chi connectivity index (χ2v) is 5.00. The smallest absolute Gasteiger partial charge is 0.191 e. The van der Waals surface area contributed by atoms with E-state index in [0.29, 0.717) is 30.4 Å². The van der Waals surface area contributed by atoms with E-state index in [1.54, 1.807) is 6.07 Å². The van der Waals surface area contributed by atoms with Gasteiger partial charge >= 0.3 is 0 Å². The highest BCUT2D eigenvalue weighted by molar-refractivity contribution is 14.0. The lowest BCUT2D eigenvalue weighted by Crippen LogP contribution is -2.38. The van der Waals surface area contributed by atoms with Crippen molar-refractivity contribution in [2.75, 3.05) is 19.6 Å². The molecule has 0 radical (unpaired) electrons. The Morgan fingerprint density at radius 3 is 2.57 bits per heavy atom. The molecule has 0 spiro atoms. The van der Waals surface area contributed by atoms with Crippen molar-refractivity contribution >= 4 is 29.9 Å². The van der Waals surface area contributed by atoms with Gasteiger partial charge in [0.2, 0.25) is 0 Å². The predicted octanol–water partition coefficient (Wildman–Crippen LogP) is 3.34. The molecular formula is C15H24F2IN3. The second-order valence-electron chi connectivity index (χ2n) is 5.00. The number of nitrogens with zero attached hydrogens (tertiary/aromatic N) is 1. The van der Waals surface area contributed by atoms with E-state index in [-0.39, 0.29) is 24.0 Å². The maximum atomic E-state index is 13.5. The highest BCUT2D eigenvalue weighted by Crippen LogP contribution is 2.11. The molecule has 0 amide bonds. The molecule has 0 heterocycles. The van der Waals surface area contributed by atoms with Gasteiger partial charge < -0.3 is 10.6 Å². The summed E-state index contributed by atoms with van der Waals surface area (Å²) in [6.07, 6.45) is 0.412. The second kappa shape index (κ2) is 10.8. The molecule has 0 bridgehead atoms. The molecule has 0 unspecified atom stereocenters. The zero-order valence-electron chi connectivity index (χ0n) is 12.7. The van der Waals surface area contributed by atoms with E-state index < -0.39 is 11.6 Å². The molecule has 1 aromatic rings. The molecule has 21 heavy (non-hydrogen) atoms. The fraction of sp³-hybridized carbons (Fsp3) is 0.533. The number of hydrogen-bond acceptors (Lipinski definition) is 1. The summed E-state index contributed by atoms with van der Waals surface area (Å²) in [5, 5.41) is 6.24. The molecule has 2 N–H and O–H groups in total. The van der Waals surface area contributed by atoms with Crippen LogP contribution in [0.1, 0.15) is 26.3 Å². The third kappa shape index (κ3) is 7.59. The lowest BCUT2D eigenvalue weighted by atomic mass is 10.1. The summed E-state index contributed by atoms with van der Waals surface area (Å²) in [5.74, 6) is -0.384. The molecule has 0 aliphatic heterocycles. The largest absolute Gasteiger partial charge is 0.357 e. The van der Waals surface area contributed by atoms with Crippen LogP contribution in [0.25, 0.3) is 0 Å². The first kappa shape index (κ1) is 20.1. The molecule has 120 valence electrons. The van der Waals surface area contributed by atoms with Crippen LogP contribution in [0.15, 0.2) is 23.2 Å². The standard InChI is InChI=1S/C15H23F2N3.HI/c1-4-18-15(20-10-11(2)3)19-9-8-12-6-5-7-13(16)14(12)17;/h5-7,11H,4,8-10H2,1-3H3,(H2,18,19,20);1H. The lowest BCUT2D eigenvalue weighted by Gasteiger charge is -2.12. The highest BCUT2D eigenvalue weighted by Gasteiger charge is 2.07.